The van der Waals surface area contributed by atoms with Crippen molar-refractivity contribution >= 4 is 5.95 Å². The van der Waals surface area contributed by atoms with E-state index >= 15 is 0 Å². The van der Waals surface area contributed by atoms with Gasteiger partial charge in [0.25, 0.3) is 0 Å². The summed E-state index contributed by atoms with van der Waals surface area (Å²) >= 11 is 0. The number of hydrogen-bond donors (Lipinski definition) is 1. The van der Waals surface area contributed by atoms with Crippen LogP contribution >= 0.6 is 0 Å². The quantitative estimate of drug-likeness (QED) is 0.772. The molecule has 1 aromatic heterocycles. The van der Waals surface area contributed by atoms with Crippen molar-refractivity contribution in [2.45, 2.75) is 82.7 Å². The maximum atomic E-state index is 13.9. The fourth-order valence-corrected chi connectivity index (χ4v) is 6.87. The lowest BCUT2D eigenvalue weighted by atomic mass is 9.53. The van der Waals surface area contributed by atoms with E-state index in [1.807, 2.05) is 18.7 Å². The zero-order valence-electron chi connectivity index (χ0n) is 17.7. The number of rotatable bonds is 4. The van der Waals surface area contributed by atoms with Crippen LogP contribution in [0.5, 0.6) is 0 Å². The molecule has 4 bridgehead atoms. The molecule has 0 unspecified atom stereocenters. The molecule has 166 valence electrons. The molecule has 30 heavy (non-hydrogen) atoms. The van der Waals surface area contributed by atoms with Crippen molar-refractivity contribution in [3.8, 4) is 0 Å². The van der Waals surface area contributed by atoms with Crippen LogP contribution in [-0.2, 0) is 17.5 Å². The molecule has 2 atom stereocenters. The second-order valence-corrected chi connectivity index (χ2v) is 10.3. The molecular weight excluding hydrogens is 393 g/mol. The van der Waals surface area contributed by atoms with E-state index in [1.165, 1.54) is 25.5 Å². The third kappa shape index (κ3) is 3.81. The summed E-state index contributed by atoms with van der Waals surface area (Å²) in [6, 6.07) is 0.110. The van der Waals surface area contributed by atoms with Gasteiger partial charge in [0.1, 0.15) is 0 Å². The van der Waals surface area contributed by atoms with Crippen LogP contribution in [0.3, 0.4) is 0 Å². The Hall–Kier alpha value is -1.41. The Balaban J connectivity index is 1.40. The SMILES string of the molecule is C[C@@H]1COC[C@H](C)N1Cc1cnc(NC23CC4CC(CC(C4)C2)C3)nc1C(F)(F)F. The van der Waals surface area contributed by atoms with Crippen LogP contribution in [0.15, 0.2) is 6.20 Å². The number of ether oxygens (including phenoxy) is 1. The number of alkyl halides is 3. The highest BCUT2D eigenvalue weighted by Gasteiger charge is 2.51. The van der Waals surface area contributed by atoms with E-state index in [-0.39, 0.29) is 35.7 Å². The second kappa shape index (κ2) is 7.33. The lowest BCUT2D eigenvalue weighted by Crippen LogP contribution is -2.55. The predicted molar refractivity (Wildman–Crippen MR) is 107 cm³/mol. The summed E-state index contributed by atoms with van der Waals surface area (Å²) in [6.07, 6.45) is 3.83. The Kier molecular flexibility index (Phi) is 5.01. The first-order chi connectivity index (χ1) is 14.2. The molecule has 5 fully saturated rings. The Bertz CT molecular complexity index is 754. The number of nitrogens with zero attached hydrogens (tertiary/aromatic N) is 3. The fraction of sp³-hybridized carbons (Fsp3) is 0.818. The Morgan fingerprint density at radius 1 is 1.07 bits per heavy atom. The molecule has 0 aromatic carbocycles. The predicted octanol–water partition coefficient (Wildman–Crippen LogP) is 4.49. The molecule has 1 saturated heterocycles. The summed E-state index contributed by atoms with van der Waals surface area (Å²) in [5.41, 5.74) is -0.790. The van der Waals surface area contributed by atoms with Crippen LogP contribution in [0.1, 0.15) is 63.6 Å². The number of halogens is 3. The minimum Gasteiger partial charge on any atom is -0.378 e. The van der Waals surface area contributed by atoms with Gasteiger partial charge in [0, 0.05) is 35.9 Å². The van der Waals surface area contributed by atoms with Gasteiger partial charge in [0.2, 0.25) is 5.95 Å². The molecule has 0 amide bonds. The van der Waals surface area contributed by atoms with Gasteiger partial charge in [-0.15, -0.1) is 0 Å². The zero-order valence-corrected chi connectivity index (χ0v) is 17.7. The topological polar surface area (TPSA) is 50.3 Å². The molecule has 4 saturated carbocycles. The molecular formula is C22H31F3N4O. The van der Waals surface area contributed by atoms with Crippen molar-refractivity contribution in [2.24, 2.45) is 17.8 Å². The molecule has 8 heteroatoms. The Morgan fingerprint density at radius 2 is 1.63 bits per heavy atom. The summed E-state index contributed by atoms with van der Waals surface area (Å²) in [5, 5.41) is 3.39. The zero-order chi connectivity index (χ0) is 21.1. The molecule has 2 heterocycles. The summed E-state index contributed by atoms with van der Waals surface area (Å²) in [7, 11) is 0. The van der Waals surface area contributed by atoms with E-state index in [2.05, 4.69) is 15.3 Å². The molecule has 4 aliphatic carbocycles. The standard InChI is InChI=1S/C22H31F3N4O/c1-13-11-30-12-14(2)29(13)10-18-9-26-20(27-19(18)22(23,24)25)28-21-6-15-3-16(7-21)5-17(4-15)8-21/h9,13-17H,3-8,10-12H2,1-2H3,(H,26,27,28)/t13-,14+,15?,16?,17?,21?. The Labute approximate surface area is 175 Å². The maximum Gasteiger partial charge on any atom is 0.433 e. The van der Waals surface area contributed by atoms with E-state index in [9.17, 15) is 13.2 Å². The van der Waals surface area contributed by atoms with Gasteiger partial charge < -0.3 is 10.1 Å². The van der Waals surface area contributed by atoms with Crippen LogP contribution in [0.25, 0.3) is 0 Å². The maximum absolute atomic E-state index is 13.9. The molecule has 1 aliphatic heterocycles. The summed E-state index contributed by atoms with van der Waals surface area (Å²) in [5.74, 6) is 2.24. The minimum absolute atomic E-state index is 0.0552. The first-order valence-corrected chi connectivity index (χ1v) is 11.3. The van der Waals surface area contributed by atoms with Crippen molar-refractivity contribution in [3.05, 3.63) is 17.5 Å². The number of anilines is 1. The third-order valence-corrected chi connectivity index (χ3v) is 7.75. The van der Waals surface area contributed by atoms with Crippen LogP contribution in [0, 0.1) is 17.8 Å². The van der Waals surface area contributed by atoms with Crippen LogP contribution < -0.4 is 5.32 Å². The van der Waals surface area contributed by atoms with Gasteiger partial charge in [-0.2, -0.15) is 13.2 Å². The van der Waals surface area contributed by atoms with Crippen LogP contribution in [0.4, 0.5) is 19.1 Å². The van der Waals surface area contributed by atoms with Crippen molar-refractivity contribution in [3.63, 3.8) is 0 Å². The molecule has 5 aliphatic rings. The number of hydrogen-bond acceptors (Lipinski definition) is 5. The monoisotopic (exact) mass is 424 g/mol. The van der Waals surface area contributed by atoms with E-state index < -0.39 is 11.9 Å². The third-order valence-electron chi connectivity index (χ3n) is 7.75. The molecule has 0 radical (unpaired) electrons. The van der Waals surface area contributed by atoms with Gasteiger partial charge >= 0.3 is 6.18 Å². The van der Waals surface area contributed by atoms with Crippen molar-refractivity contribution in [1.29, 1.82) is 0 Å². The van der Waals surface area contributed by atoms with Gasteiger partial charge in [-0.25, -0.2) is 9.97 Å². The summed E-state index contributed by atoms with van der Waals surface area (Å²) in [6.45, 7) is 5.19. The summed E-state index contributed by atoms with van der Waals surface area (Å²) in [4.78, 5) is 10.4. The number of aromatic nitrogens is 2. The molecule has 0 spiro atoms. The van der Waals surface area contributed by atoms with Crippen molar-refractivity contribution in [1.82, 2.24) is 14.9 Å². The van der Waals surface area contributed by atoms with Crippen LogP contribution in [0.2, 0.25) is 0 Å². The largest absolute Gasteiger partial charge is 0.433 e. The smallest absolute Gasteiger partial charge is 0.378 e. The first-order valence-electron chi connectivity index (χ1n) is 11.3. The minimum atomic E-state index is -4.51. The summed E-state index contributed by atoms with van der Waals surface area (Å²) < 4.78 is 47.2. The van der Waals surface area contributed by atoms with Gasteiger partial charge in [-0.05, 0) is 70.1 Å². The van der Waals surface area contributed by atoms with E-state index in [0.29, 0.717) is 31.0 Å². The number of nitrogens with one attached hydrogen (secondary N) is 1. The molecule has 5 nitrogen and oxygen atoms in total. The highest BCUT2D eigenvalue weighted by Crippen LogP contribution is 2.56. The van der Waals surface area contributed by atoms with Crippen molar-refractivity contribution in [2.75, 3.05) is 18.5 Å². The van der Waals surface area contributed by atoms with Gasteiger partial charge in [-0.1, -0.05) is 0 Å². The number of morpholine rings is 1. The van der Waals surface area contributed by atoms with E-state index in [0.717, 1.165) is 19.3 Å². The molecule has 1 aromatic rings. The second-order valence-electron chi connectivity index (χ2n) is 10.3. The highest BCUT2D eigenvalue weighted by atomic mass is 19.4. The lowest BCUT2D eigenvalue weighted by molar-refractivity contribution is -0.142. The van der Waals surface area contributed by atoms with Crippen LogP contribution in [-0.4, -0.2) is 45.7 Å². The molecule has 6 rings (SSSR count). The van der Waals surface area contributed by atoms with Gasteiger partial charge in [-0.3, -0.25) is 4.90 Å². The highest BCUT2D eigenvalue weighted by molar-refractivity contribution is 5.36. The lowest BCUT2D eigenvalue weighted by Gasteiger charge is -2.56. The average molecular weight is 425 g/mol. The fourth-order valence-electron chi connectivity index (χ4n) is 6.87. The van der Waals surface area contributed by atoms with E-state index in [1.54, 1.807) is 0 Å². The normalized spacial score (nSPS) is 38.8. The van der Waals surface area contributed by atoms with E-state index in [4.69, 9.17) is 4.74 Å². The van der Waals surface area contributed by atoms with Gasteiger partial charge in [0.05, 0.1) is 13.2 Å². The van der Waals surface area contributed by atoms with Gasteiger partial charge in [0.15, 0.2) is 5.69 Å². The van der Waals surface area contributed by atoms with Crippen molar-refractivity contribution < 1.29 is 17.9 Å². The molecule has 1 N–H and O–H groups in total. The first kappa shape index (κ1) is 20.5. The Morgan fingerprint density at radius 3 is 2.17 bits per heavy atom. The average Bonchev–Trinajstić information content (AvgIpc) is 2.63.